The van der Waals surface area contributed by atoms with E-state index in [1.165, 1.54) is 19.2 Å². The van der Waals surface area contributed by atoms with Gasteiger partial charge in [-0.1, -0.05) is 6.07 Å². The molecule has 0 aliphatic carbocycles. The third-order valence-corrected chi connectivity index (χ3v) is 4.21. The molecule has 0 spiro atoms. The van der Waals surface area contributed by atoms with Crippen LogP contribution in [0.5, 0.6) is 5.75 Å². The molecule has 0 unspecified atom stereocenters. The second kappa shape index (κ2) is 7.94. The maximum Gasteiger partial charge on any atom is 0.303 e. The molecule has 6 heteroatoms. The molecular weight excluding hydrogens is 301 g/mol. The molecular formula is C17H22FNO4. The number of carboxylic acids is 1. The van der Waals surface area contributed by atoms with Gasteiger partial charge >= 0.3 is 5.97 Å². The van der Waals surface area contributed by atoms with Gasteiger partial charge in [0.05, 0.1) is 13.5 Å². The Labute approximate surface area is 135 Å². The van der Waals surface area contributed by atoms with E-state index in [0.717, 1.165) is 12.8 Å². The molecule has 1 atom stereocenters. The van der Waals surface area contributed by atoms with Crippen molar-refractivity contribution in [2.75, 3.05) is 20.2 Å². The van der Waals surface area contributed by atoms with Crippen LogP contribution in [0, 0.1) is 11.7 Å². The maximum absolute atomic E-state index is 13.7. The fraction of sp³-hybridized carbons (Fsp3) is 0.529. The minimum atomic E-state index is -0.804. The number of methoxy groups -OCH3 is 1. The number of nitrogens with zero attached hydrogens (tertiary/aromatic N) is 1. The van der Waals surface area contributed by atoms with E-state index in [1.807, 2.05) is 0 Å². The molecule has 0 radical (unpaired) electrons. The molecule has 1 saturated heterocycles. The summed E-state index contributed by atoms with van der Waals surface area (Å²) >= 11 is 0. The Bertz CT molecular complexity index is 576. The van der Waals surface area contributed by atoms with Crippen LogP contribution in [0.1, 0.15) is 31.2 Å². The van der Waals surface area contributed by atoms with Crippen LogP contribution >= 0.6 is 0 Å². The fourth-order valence-corrected chi connectivity index (χ4v) is 2.96. The van der Waals surface area contributed by atoms with Crippen molar-refractivity contribution in [1.82, 2.24) is 4.90 Å². The van der Waals surface area contributed by atoms with E-state index in [2.05, 4.69) is 0 Å². The van der Waals surface area contributed by atoms with Gasteiger partial charge in [0.1, 0.15) is 0 Å². The summed E-state index contributed by atoms with van der Waals surface area (Å²) in [6.45, 7) is 1.27. The lowest BCUT2D eigenvalue weighted by atomic mass is 9.93. The van der Waals surface area contributed by atoms with Crippen LogP contribution in [0.3, 0.4) is 0 Å². The van der Waals surface area contributed by atoms with Crippen LogP contribution in [-0.2, 0) is 16.0 Å². The van der Waals surface area contributed by atoms with Gasteiger partial charge in [0, 0.05) is 19.5 Å². The van der Waals surface area contributed by atoms with E-state index >= 15 is 0 Å². The van der Waals surface area contributed by atoms with Crippen LogP contribution < -0.4 is 4.74 Å². The zero-order chi connectivity index (χ0) is 16.8. The second-order valence-electron chi connectivity index (χ2n) is 5.93. The SMILES string of the molecule is COc1ccc(CC(=O)N2CCC[C@H](CCC(=O)O)C2)cc1F. The smallest absolute Gasteiger partial charge is 0.303 e. The van der Waals surface area contributed by atoms with Crippen molar-refractivity contribution >= 4 is 11.9 Å². The highest BCUT2D eigenvalue weighted by molar-refractivity contribution is 5.79. The second-order valence-corrected chi connectivity index (χ2v) is 5.93. The molecule has 1 aromatic rings. The Hall–Kier alpha value is -2.11. The van der Waals surface area contributed by atoms with Crippen molar-refractivity contribution in [3.63, 3.8) is 0 Å². The number of carboxylic acid groups (broad SMARTS) is 1. The molecule has 0 saturated carbocycles. The predicted octanol–water partition coefficient (Wildman–Crippen LogP) is 2.48. The lowest BCUT2D eigenvalue weighted by Gasteiger charge is -2.32. The molecule has 23 heavy (non-hydrogen) atoms. The molecule has 1 amide bonds. The molecule has 5 nitrogen and oxygen atoms in total. The number of carbonyl (C=O) groups excluding carboxylic acids is 1. The zero-order valence-electron chi connectivity index (χ0n) is 13.3. The highest BCUT2D eigenvalue weighted by Crippen LogP contribution is 2.23. The van der Waals surface area contributed by atoms with E-state index in [4.69, 9.17) is 9.84 Å². The number of hydrogen-bond donors (Lipinski definition) is 1. The number of likely N-dealkylation sites (tertiary alicyclic amines) is 1. The number of halogens is 1. The largest absolute Gasteiger partial charge is 0.494 e. The fourth-order valence-electron chi connectivity index (χ4n) is 2.96. The van der Waals surface area contributed by atoms with E-state index in [9.17, 15) is 14.0 Å². The van der Waals surface area contributed by atoms with Gasteiger partial charge in [-0.15, -0.1) is 0 Å². The van der Waals surface area contributed by atoms with Crippen LogP contribution in [0.15, 0.2) is 18.2 Å². The molecule has 1 aliphatic heterocycles. The normalized spacial score (nSPS) is 17.8. The van der Waals surface area contributed by atoms with E-state index in [-0.39, 0.29) is 30.4 Å². The quantitative estimate of drug-likeness (QED) is 0.873. The van der Waals surface area contributed by atoms with Gasteiger partial charge in [-0.05, 0) is 42.9 Å². The summed E-state index contributed by atoms with van der Waals surface area (Å²) in [5, 5.41) is 8.76. The number of piperidine rings is 1. The van der Waals surface area contributed by atoms with Crippen molar-refractivity contribution in [2.45, 2.75) is 32.1 Å². The average Bonchev–Trinajstić information content (AvgIpc) is 2.53. The minimum absolute atomic E-state index is 0.0467. The van der Waals surface area contributed by atoms with E-state index in [1.54, 1.807) is 11.0 Å². The number of rotatable bonds is 6. The van der Waals surface area contributed by atoms with Gasteiger partial charge in [0.2, 0.25) is 5.91 Å². The van der Waals surface area contributed by atoms with Crippen LogP contribution in [0.4, 0.5) is 4.39 Å². The number of aliphatic carboxylic acids is 1. The van der Waals surface area contributed by atoms with Crippen LogP contribution in [-0.4, -0.2) is 42.1 Å². The summed E-state index contributed by atoms with van der Waals surface area (Å²) in [6, 6.07) is 4.53. The number of benzene rings is 1. The third-order valence-electron chi connectivity index (χ3n) is 4.21. The number of ether oxygens (including phenoxy) is 1. The lowest BCUT2D eigenvalue weighted by Crippen LogP contribution is -2.40. The Morgan fingerprint density at radius 2 is 2.22 bits per heavy atom. The van der Waals surface area contributed by atoms with Crippen molar-refractivity contribution in [3.8, 4) is 5.75 Å². The monoisotopic (exact) mass is 323 g/mol. The molecule has 1 heterocycles. The van der Waals surface area contributed by atoms with Gasteiger partial charge in [-0.25, -0.2) is 4.39 Å². The minimum Gasteiger partial charge on any atom is -0.494 e. The summed E-state index contributed by atoms with van der Waals surface area (Å²) in [7, 11) is 1.40. The van der Waals surface area contributed by atoms with Crippen molar-refractivity contribution in [3.05, 3.63) is 29.6 Å². The lowest BCUT2D eigenvalue weighted by molar-refractivity contribution is -0.137. The first kappa shape index (κ1) is 17.2. The van der Waals surface area contributed by atoms with Crippen molar-refractivity contribution < 1.29 is 23.8 Å². The average molecular weight is 323 g/mol. The molecule has 126 valence electrons. The standard InChI is InChI=1S/C17H22FNO4/c1-23-15-6-4-13(9-14(15)18)10-16(20)19-8-2-3-12(11-19)5-7-17(21)22/h4,6,9,12H,2-3,5,7-8,10-11H2,1H3,(H,21,22)/t12-/m1/s1. The predicted molar refractivity (Wildman–Crippen MR) is 82.8 cm³/mol. The van der Waals surface area contributed by atoms with Crippen LogP contribution in [0.2, 0.25) is 0 Å². The Morgan fingerprint density at radius 1 is 1.43 bits per heavy atom. The van der Waals surface area contributed by atoms with E-state index in [0.29, 0.717) is 25.1 Å². The molecule has 1 aliphatic rings. The van der Waals surface area contributed by atoms with Gasteiger partial charge < -0.3 is 14.7 Å². The van der Waals surface area contributed by atoms with Crippen molar-refractivity contribution in [1.29, 1.82) is 0 Å². The highest BCUT2D eigenvalue weighted by Gasteiger charge is 2.24. The summed E-state index contributed by atoms with van der Waals surface area (Å²) < 4.78 is 18.5. The first-order valence-corrected chi connectivity index (χ1v) is 7.81. The topological polar surface area (TPSA) is 66.8 Å². The molecule has 1 fully saturated rings. The van der Waals surface area contributed by atoms with E-state index < -0.39 is 11.8 Å². The summed E-state index contributed by atoms with van der Waals surface area (Å²) in [5.41, 5.74) is 0.612. The molecule has 1 aromatic carbocycles. The van der Waals surface area contributed by atoms with Gasteiger partial charge in [-0.3, -0.25) is 9.59 Å². The first-order valence-electron chi connectivity index (χ1n) is 7.81. The Kier molecular flexibility index (Phi) is 5.96. The third kappa shape index (κ3) is 4.94. The molecule has 1 N–H and O–H groups in total. The van der Waals surface area contributed by atoms with Crippen LogP contribution in [0.25, 0.3) is 0 Å². The molecule has 2 rings (SSSR count). The van der Waals surface area contributed by atoms with Gasteiger partial charge in [0.15, 0.2) is 11.6 Å². The Morgan fingerprint density at radius 3 is 2.87 bits per heavy atom. The van der Waals surface area contributed by atoms with Gasteiger partial charge in [-0.2, -0.15) is 0 Å². The zero-order valence-corrected chi connectivity index (χ0v) is 13.3. The van der Waals surface area contributed by atoms with Gasteiger partial charge in [0.25, 0.3) is 0 Å². The number of amides is 1. The summed E-state index contributed by atoms with van der Waals surface area (Å²) in [4.78, 5) is 24.8. The summed E-state index contributed by atoms with van der Waals surface area (Å²) in [6.07, 6.45) is 2.71. The molecule has 0 aromatic heterocycles. The highest BCUT2D eigenvalue weighted by atomic mass is 19.1. The Balaban J connectivity index is 1.92. The first-order chi connectivity index (χ1) is 11.0. The molecule has 0 bridgehead atoms. The van der Waals surface area contributed by atoms with Crippen molar-refractivity contribution in [2.24, 2.45) is 5.92 Å². The summed E-state index contributed by atoms with van der Waals surface area (Å²) in [5.74, 6) is -0.933. The maximum atomic E-state index is 13.7. The number of carbonyl (C=O) groups is 2. The number of hydrogen-bond acceptors (Lipinski definition) is 3.